The van der Waals surface area contributed by atoms with Gasteiger partial charge in [0.15, 0.2) is 0 Å². The molecule has 23 heavy (non-hydrogen) atoms. The molecule has 0 radical (unpaired) electrons. The van der Waals surface area contributed by atoms with E-state index < -0.39 is 36.6 Å². The van der Waals surface area contributed by atoms with Crippen molar-refractivity contribution in [3.8, 4) is 0 Å². The average Bonchev–Trinajstić information content (AvgIpc) is 2.57. The van der Waals surface area contributed by atoms with Crippen molar-refractivity contribution in [1.29, 1.82) is 0 Å². The molecule has 0 aliphatic carbocycles. The Labute approximate surface area is 130 Å². The molecule has 0 unspecified atom stereocenters. The van der Waals surface area contributed by atoms with Gasteiger partial charge in [0.05, 0.1) is 6.61 Å². The summed E-state index contributed by atoms with van der Waals surface area (Å²) in [4.78, 5) is 22.3. The van der Waals surface area contributed by atoms with E-state index >= 15 is 0 Å². The van der Waals surface area contributed by atoms with Crippen molar-refractivity contribution >= 4 is 22.9 Å². The van der Waals surface area contributed by atoms with Gasteiger partial charge in [0.1, 0.15) is 36.2 Å². The minimum absolute atomic E-state index is 0.289. The molecule has 1 aromatic heterocycles. The first-order valence-electron chi connectivity index (χ1n) is 6.87. The summed E-state index contributed by atoms with van der Waals surface area (Å²) >= 11 is 0. The fourth-order valence-electron chi connectivity index (χ4n) is 2.09. The van der Waals surface area contributed by atoms with E-state index in [0.29, 0.717) is 17.4 Å². The van der Waals surface area contributed by atoms with Crippen LogP contribution in [0.15, 0.2) is 39.5 Å². The van der Waals surface area contributed by atoms with Gasteiger partial charge in [0.25, 0.3) is 0 Å². The Bertz CT molecular complexity index is 729. The number of hydrogen-bond acceptors (Lipinski definition) is 8. The molecular weight excluding hydrogens is 306 g/mol. The van der Waals surface area contributed by atoms with Crippen LogP contribution in [0.4, 0.5) is 5.69 Å². The molecule has 124 valence electrons. The van der Waals surface area contributed by atoms with Crippen molar-refractivity contribution in [3.63, 3.8) is 0 Å². The zero-order valence-corrected chi connectivity index (χ0v) is 12.0. The molecule has 4 atom stereocenters. The number of carbonyl (C=O) groups is 1. The molecule has 5 N–H and O–H groups in total. The molecule has 0 amide bonds. The first-order chi connectivity index (χ1) is 11.0. The quantitative estimate of drug-likeness (QED) is 0.318. The molecule has 8 nitrogen and oxygen atoms in total. The molecule has 0 bridgehead atoms. The third-order valence-corrected chi connectivity index (χ3v) is 3.40. The highest BCUT2D eigenvalue weighted by molar-refractivity contribution is 5.81. The van der Waals surface area contributed by atoms with Crippen LogP contribution in [0.25, 0.3) is 11.0 Å². The summed E-state index contributed by atoms with van der Waals surface area (Å²) in [6, 6.07) is 6.33. The van der Waals surface area contributed by atoms with Crippen LogP contribution in [-0.4, -0.2) is 57.7 Å². The van der Waals surface area contributed by atoms with Crippen LogP contribution in [0, 0.1) is 0 Å². The number of aliphatic hydroxyl groups excluding tert-OH is 4. The number of hydrogen-bond donors (Lipinski definition) is 5. The lowest BCUT2D eigenvalue weighted by Crippen LogP contribution is -2.49. The van der Waals surface area contributed by atoms with Gasteiger partial charge in [0, 0.05) is 23.2 Å². The van der Waals surface area contributed by atoms with Gasteiger partial charge in [-0.05, 0) is 18.2 Å². The van der Waals surface area contributed by atoms with E-state index in [0.717, 1.165) is 0 Å². The standard InChI is InChI=1S/C15H17NO7/c17-6-10(14(21)15(22)11(19)7-18)16-9-3-1-8-2-4-13(20)23-12(8)5-9/h1-6,10-11,14-16,18-19,21-22H,7H2/t10-,11-,14-,15-/m1/s1. The summed E-state index contributed by atoms with van der Waals surface area (Å²) in [5.74, 6) is 0. The Morgan fingerprint density at radius 1 is 1.13 bits per heavy atom. The van der Waals surface area contributed by atoms with Gasteiger partial charge < -0.3 is 35.0 Å². The Morgan fingerprint density at radius 2 is 1.83 bits per heavy atom. The monoisotopic (exact) mass is 323 g/mol. The molecule has 8 heteroatoms. The van der Waals surface area contributed by atoms with E-state index in [9.17, 15) is 24.9 Å². The van der Waals surface area contributed by atoms with Crippen molar-refractivity contribution in [2.45, 2.75) is 24.4 Å². The van der Waals surface area contributed by atoms with Gasteiger partial charge in [0.2, 0.25) is 0 Å². The lowest BCUT2D eigenvalue weighted by Gasteiger charge is -2.26. The normalized spacial score (nSPS) is 16.5. The average molecular weight is 323 g/mol. The fourth-order valence-corrected chi connectivity index (χ4v) is 2.09. The number of anilines is 1. The highest BCUT2D eigenvalue weighted by Gasteiger charge is 2.31. The Hall–Kier alpha value is -2.26. The summed E-state index contributed by atoms with van der Waals surface area (Å²) in [5.41, 5.74) is 0.134. The predicted octanol–water partition coefficient (Wildman–Crippen LogP) is -1.15. The molecular formula is C15H17NO7. The number of benzene rings is 1. The minimum atomic E-state index is -1.71. The van der Waals surface area contributed by atoms with E-state index in [-0.39, 0.29) is 5.58 Å². The van der Waals surface area contributed by atoms with Gasteiger partial charge in [-0.1, -0.05) is 0 Å². The molecule has 0 fully saturated rings. The Balaban J connectivity index is 2.21. The summed E-state index contributed by atoms with van der Waals surface area (Å²) in [5, 5.41) is 41.0. The zero-order chi connectivity index (χ0) is 17.0. The largest absolute Gasteiger partial charge is 0.423 e. The maximum absolute atomic E-state index is 11.2. The van der Waals surface area contributed by atoms with Gasteiger partial charge in [-0.25, -0.2) is 4.79 Å². The topological polar surface area (TPSA) is 140 Å². The second kappa shape index (κ2) is 7.34. The molecule has 1 aromatic carbocycles. The molecule has 0 aliphatic rings. The van der Waals surface area contributed by atoms with E-state index in [4.69, 9.17) is 9.52 Å². The van der Waals surface area contributed by atoms with E-state index in [1.807, 2.05) is 0 Å². The van der Waals surface area contributed by atoms with Gasteiger partial charge in [-0.3, -0.25) is 0 Å². The molecule has 2 aromatic rings. The second-order valence-electron chi connectivity index (χ2n) is 5.04. The molecule has 0 saturated heterocycles. The van der Waals surface area contributed by atoms with E-state index in [1.54, 1.807) is 18.2 Å². The van der Waals surface area contributed by atoms with Crippen LogP contribution < -0.4 is 10.9 Å². The highest BCUT2D eigenvalue weighted by atomic mass is 16.4. The van der Waals surface area contributed by atoms with Crippen LogP contribution in [0.2, 0.25) is 0 Å². The number of aldehydes is 1. The molecule has 0 spiro atoms. The lowest BCUT2D eigenvalue weighted by molar-refractivity contribution is -0.117. The van der Waals surface area contributed by atoms with Crippen molar-refractivity contribution in [3.05, 3.63) is 40.8 Å². The maximum atomic E-state index is 11.2. The first-order valence-corrected chi connectivity index (χ1v) is 6.87. The van der Waals surface area contributed by atoms with Gasteiger partial charge >= 0.3 is 5.63 Å². The SMILES string of the molecule is O=C[C@@H](Nc1ccc2ccc(=O)oc2c1)[C@@H](O)[C@H](O)[C@H](O)CO. The molecule has 1 heterocycles. The van der Waals surface area contributed by atoms with Crippen LogP contribution in [0.5, 0.6) is 0 Å². The minimum Gasteiger partial charge on any atom is -0.423 e. The third-order valence-electron chi connectivity index (χ3n) is 3.40. The number of nitrogens with one attached hydrogen (secondary N) is 1. The zero-order valence-electron chi connectivity index (χ0n) is 12.0. The number of aliphatic hydroxyl groups is 4. The fraction of sp³-hybridized carbons (Fsp3) is 0.333. The maximum Gasteiger partial charge on any atom is 0.336 e. The Kier molecular flexibility index (Phi) is 5.45. The molecule has 2 rings (SSSR count). The van der Waals surface area contributed by atoms with E-state index in [2.05, 4.69) is 5.32 Å². The summed E-state index contributed by atoms with van der Waals surface area (Å²) in [6.45, 7) is -0.759. The van der Waals surface area contributed by atoms with E-state index in [1.165, 1.54) is 12.1 Å². The van der Waals surface area contributed by atoms with Crippen molar-refractivity contribution in [2.75, 3.05) is 11.9 Å². The molecule has 0 aliphatic heterocycles. The van der Waals surface area contributed by atoms with Crippen LogP contribution in [-0.2, 0) is 4.79 Å². The van der Waals surface area contributed by atoms with Crippen molar-refractivity contribution < 1.29 is 29.6 Å². The summed E-state index contributed by atoms with van der Waals surface area (Å²) in [6.07, 6.45) is -4.57. The first kappa shape index (κ1) is 17.1. The van der Waals surface area contributed by atoms with Crippen molar-refractivity contribution in [2.24, 2.45) is 0 Å². The third kappa shape index (κ3) is 3.93. The number of rotatable bonds is 7. The highest BCUT2D eigenvalue weighted by Crippen LogP contribution is 2.19. The van der Waals surface area contributed by atoms with Crippen LogP contribution in [0.1, 0.15) is 0 Å². The Morgan fingerprint density at radius 3 is 2.48 bits per heavy atom. The molecule has 0 saturated carbocycles. The summed E-state index contributed by atoms with van der Waals surface area (Å²) in [7, 11) is 0. The predicted molar refractivity (Wildman–Crippen MR) is 81.1 cm³/mol. The number of carbonyl (C=O) groups excluding carboxylic acids is 1. The number of fused-ring (bicyclic) bond motifs is 1. The van der Waals surface area contributed by atoms with Gasteiger partial charge in [-0.15, -0.1) is 0 Å². The van der Waals surface area contributed by atoms with Gasteiger partial charge in [-0.2, -0.15) is 0 Å². The van der Waals surface area contributed by atoms with Crippen LogP contribution in [0.3, 0.4) is 0 Å². The summed E-state index contributed by atoms with van der Waals surface area (Å²) < 4.78 is 5.01. The van der Waals surface area contributed by atoms with Crippen molar-refractivity contribution in [1.82, 2.24) is 0 Å². The second-order valence-corrected chi connectivity index (χ2v) is 5.04. The smallest absolute Gasteiger partial charge is 0.336 e. The lowest BCUT2D eigenvalue weighted by atomic mass is 10.0. The van der Waals surface area contributed by atoms with Crippen LogP contribution >= 0.6 is 0 Å².